The minimum absolute atomic E-state index is 0.0225. The number of nitrogens with zero attached hydrogens (tertiary/aromatic N) is 2. The molecule has 1 heterocycles. The van der Waals surface area contributed by atoms with E-state index < -0.39 is 5.82 Å². The van der Waals surface area contributed by atoms with Gasteiger partial charge in [0.05, 0.1) is 5.56 Å². The Morgan fingerprint density at radius 3 is 2.04 bits per heavy atom. The van der Waals surface area contributed by atoms with Gasteiger partial charge in [-0.2, -0.15) is 0 Å². The monoisotopic (exact) mass is 390 g/mol. The van der Waals surface area contributed by atoms with Gasteiger partial charge in [-0.25, -0.2) is 4.39 Å². The van der Waals surface area contributed by atoms with Crippen molar-refractivity contribution >= 4 is 27.7 Å². The van der Waals surface area contributed by atoms with Crippen LogP contribution in [0.25, 0.3) is 0 Å². The highest BCUT2D eigenvalue weighted by Crippen LogP contribution is 2.20. The maximum atomic E-state index is 13.2. The molecule has 24 heavy (non-hydrogen) atoms. The molecule has 2 amide bonds. The molecular weight excluding hydrogens is 375 g/mol. The van der Waals surface area contributed by atoms with Crippen molar-refractivity contribution in [1.82, 2.24) is 9.80 Å². The zero-order valence-electron chi connectivity index (χ0n) is 12.9. The highest BCUT2D eigenvalue weighted by atomic mass is 79.9. The van der Waals surface area contributed by atoms with Crippen LogP contribution in [-0.2, 0) is 0 Å². The normalized spacial score (nSPS) is 14.6. The van der Waals surface area contributed by atoms with Gasteiger partial charge in [-0.1, -0.05) is 18.2 Å². The summed E-state index contributed by atoms with van der Waals surface area (Å²) < 4.78 is 13.6. The molecule has 0 N–H and O–H groups in total. The second-order valence-electron chi connectivity index (χ2n) is 5.57. The topological polar surface area (TPSA) is 40.6 Å². The Kier molecular flexibility index (Phi) is 4.94. The van der Waals surface area contributed by atoms with Gasteiger partial charge in [0.2, 0.25) is 0 Å². The molecule has 0 aromatic heterocycles. The smallest absolute Gasteiger partial charge is 0.255 e. The number of carbonyl (C=O) groups excluding carboxylic acids is 2. The van der Waals surface area contributed by atoms with Gasteiger partial charge in [0.15, 0.2) is 0 Å². The molecule has 1 saturated heterocycles. The van der Waals surface area contributed by atoms with E-state index in [4.69, 9.17) is 0 Å². The van der Waals surface area contributed by atoms with Crippen LogP contribution in [-0.4, -0.2) is 47.8 Å². The highest BCUT2D eigenvalue weighted by molar-refractivity contribution is 9.10. The summed E-state index contributed by atoms with van der Waals surface area (Å²) in [7, 11) is 0. The predicted molar refractivity (Wildman–Crippen MR) is 92.3 cm³/mol. The van der Waals surface area contributed by atoms with E-state index in [1.807, 2.05) is 18.2 Å². The zero-order chi connectivity index (χ0) is 17.1. The van der Waals surface area contributed by atoms with Crippen LogP contribution in [0.2, 0.25) is 0 Å². The van der Waals surface area contributed by atoms with Crippen LogP contribution in [0.1, 0.15) is 20.7 Å². The molecule has 0 atom stereocenters. The first-order valence-electron chi connectivity index (χ1n) is 7.65. The first-order valence-corrected chi connectivity index (χ1v) is 8.44. The fourth-order valence-electron chi connectivity index (χ4n) is 2.71. The van der Waals surface area contributed by atoms with Gasteiger partial charge >= 0.3 is 0 Å². The van der Waals surface area contributed by atoms with E-state index in [0.717, 1.165) is 0 Å². The van der Waals surface area contributed by atoms with Crippen molar-refractivity contribution < 1.29 is 14.0 Å². The van der Waals surface area contributed by atoms with Crippen LogP contribution < -0.4 is 0 Å². The lowest BCUT2D eigenvalue weighted by Crippen LogP contribution is -2.50. The molecule has 0 aliphatic carbocycles. The van der Waals surface area contributed by atoms with Crippen molar-refractivity contribution in [3.05, 3.63) is 69.9 Å². The molecule has 4 nitrogen and oxygen atoms in total. The van der Waals surface area contributed by atoms with E-state index in [2.05, 4.69) is 15.9 Å². The highest BCUT2D eigenvalue weighted by Gasteiger charge is 2.26. The Morgan fingerprint density at radius 2 is 1.46 bits per heavy atom. The quantitative estimate of drug-likeness (QED) is 0.789. The second kappa shape index (κ2) is 7.13. The van der Waals surface area contributed by atoms with Crippen LogP contribution in [0.5, 0.6) is 0 Å². The molecule has 2 aromatic carbocycles. The lowest BCUT2D eigenvalue weighted by atomic mass is 10.1. The Labute approximate surface area is 148 Å². The Balaban J connectivity index is 1.64. The van der Waals surface area contributed by atoms with Crippen molar-refractivity contribution in [2.24, 2.45) is 0 Å². The molecule has 0 saturated carbocycles. The molecule has 1 fully saturated rings. The Bertz CT molecular complexity index is 759. The molecule has 124 valence electrons. The lowest BCUT2D eigenvalue weighted by molar-refractivity contribution is 0.0535. The lowest BCUT2D eigenvalue weighted by Gasteiger charge is -2.35. The molecule has 1 aliphatic heterocycles. The van der Waals surface area contributed by atoms with Crippen molar-refractivity contribution in [2.45, 2.75) is 0 Å². The van der Waals surface area contributed by atoms with Crippen molar-refractivity contribution in [2.75, 3.05) is 26.2 Å². The average Bonchev–Trinajstić information content (AvgIpc) is 2.61. The summed E-state index contributed by atoms with van der Waals surface area (Å²) in [4.78, 5) is 28.4. The predicted octanol–water partition coefficient (Wildman–Crippen LogP) is 3.19. The third kappa shape index (κ3) is 3.48. The van der Waals surface area contributed by atoms with E-state index in [0.29, 0.717) is 41.8 Å². The fourth-order valence-corrected chi connectivity index (χ4v) is 3.23. The van der Waals surface area contributed by atoms with Crippen molar-refractivity contribution in [1.29, 1.82) is 0 Å². The summed E-state index contributed by atoms with van der Waals surface area (Å²) in [6, 6.07) is 13.1. The molecular formula is C18H16BrFN2O2. The third-order valence-electron chi connectivity index (χ3n) is 4.04. The van der Waals surface area contributed by atoms with Gasteiger partial charge < -0.3 is 9.80 Å². The minimum Gasteiger partial charge on any atom is -0.335 e. The number of piperazine rings is 1. The molecule has 0 unspecified atom stereocenters. The van der Waals surface area contributed by atoms with Crippen LogP contribution in [0, 0.1) is 5.82 Å². The average molecular weight is 391 g/mol. The summed E-state index contributed by atoms with van der Waals surface area (Å²) in [5.74, 6) is -0.573. The first kappa shape index (κ1) is 16.6. The van der Waals surface area contributed by atoms with Gasteiger partial charge in [-0.3, -0.25) is 9.59 Å². The van der Waals surface area contributed by atoms with Crippen LogP contribution >= 0.6 is 15.9 Å². The summed E-state index contributed by atoms with van der Waals surface area (Å²) >= 11 is 3.23. The SMILES string of the molecule is O=C(c1ccccc1)N1CCN(C(=O)c2ccc(F)cc2Br)CC1. The number of amides is 2. The van der Waals surface area contributed by atoms with E-state index in [1.54, 1.807) is 21.9 Å². The number of benzene rings is 2. The standard InChI is InChI=1S/C18H16BrFN2O2/c19-16-12-14(20)6-7-15(16)18(24)22-10-8-21(9-11-22)17(23)13-4-2-1-3-5-13/h1-7,12H,8-11H2. The molecule has 6 heteroatoms. The molecule has 2 aromatic rings. The summed E-state index contributed by atoms with van der Waals surface area (Å²) in [5, 5.41) is 0. The Hall–Kier alpha value is -2.21. The van der Waals surface area contributed by atoms with Gasteiger partial charge in [0.25, 0.3) is 11.8 Å². The molecule has 0 spiro atoms. The molecule has 0 bridgehead atoms. The van der Waals surface area contributed by atoms with Gasteiger partial charge in [-0.15, -0.1) is 0 Å². The largest absolute Gasteiger partial charge is 0.335 e. The third-order valence-corrected chi connectivity index (χ3v) is 4.69. The van der Waals surface area contributed by atoms with Gasteiger partial charge in [0, 0.05) is 36.2 Å². The first-order chi connectivity index (χ1) is 11.6. The van der Waals surface area contributed by atoms with E-state index in [-0.39, 0.29) is 11.8 Å². The van der Waals surface area contributed by atoms with Crippen molar-refractivity contribution in [3.63, 3.8) is 0 Å². The maximum absolute atomic E-state index is 13.2. The molecule has 3 rings (SSSR count). The maximum Gasteiger partial charge on any atom is 0.255 e. The summed E-state index contributed by atoms with van der Waals surface area (Å²) in [6.07, 6.45) is 0. The number of hydrogen-bond donors (Lipinski definition) is 0. The van der Waals surface area contributed by atoms with E-state index in [1.165, 1.54) is 18.2 Å². The van der Waals surface area contributed by atoms with Gasteiger partial charge in [-0.05, 0) is 46.3 Å². The van der Waals surface area contributed by atoms with E-state index >= 15 is 0 Å². The zero-order valence-corrected chi connectivity index (χ0v) is 14.5. The molecule has 0 radical (unpaired) electrons. The van der Waals surface area contributed by atoms with Crippen LogP contribution in [0.4, 0.5) is 4.39 Å². The minimum atomic E-state index is -0.392. The number of hydrogen-bond acceptors (Lipinski definition) is 2. The summed E-state index contributed by atoms with van der Waals surface area (Å²) in [5.41, 5.74) is 1.08. The number of halogens is 2. The number of carbonyl (C=O) groups is 2. The fraction of sp³-hybridized carbons (Fsp3) is 0.222. The van der Waals surface area contributed by atoms with Gasteiger partial charge in [0.1, 0.15) is 5.82 Å². The van der Waals surface area contributed by atoms with E-state index in [9.17, 15) is 14.0 Å². The Morgan fingerprint density at radius 1 is 0.875 bits per heavy atom. The molecule has 1 aliphatic rings. The number of rotatable bonds is 2. The van der Waals surface area contributed by atoms with Crippen LogP contribution in [0.15, 0.2) is 53.0 Å². The second-order valence-corrected chi connectivity index (χ2v) is 6.43. The van der Waals surface area contributed by atoms with Crippen LogP contribution in [0.3, 0.4) is 0 Å². The summed E-state index contributed by atoms with van der Waals surface area (Å²) in [6.45, 7) is 1.89. The van der Waals surface area contributed by atoms with Crippen molar-refractivity contribution in [3.8, 4) is 0 Å².